The van der Waals surface area contributed by atoms with E-state index in [4.69, 9.17) is 4.74 Å². The van der Waals surface area contributed by atoms with Crippen LogP contribution >= 0.6 is 0 Å². The molecule has 0 aliphatic carbocycles. The first-order chi connectivity index (χ1) is 13.0. The molecule has 0 radical (unpaired) electrons. The summed E-state index contributed by atoms with van der Waals surface area (Å²) in [5.74, 6) is 1.18. The van der Waals surface area contributed by atoms with Gasteiger partial charge in [-0.2, -0.15) is 0 Å². The Morgan fingerprint density at radius 1 is 1.22 bits per heavy atom. The SMILES string of the molecule is Cc1cc(CNCCN2CCCS2(=O)=O)cc(C)c1OCc1ccccn1. The summed E-state index contributed by atoms with van der Waals surface area (Å²) in [4.78, 5) is 4.28. The van der Waals surface area contributed by atoms with Gasteiger partial charge in [0.15, 0.2) is 0 Å². The molecule has 3 rings (SSSR count). The van der Waals surface area contributed by atoms with E-state index in [1.165, 1.54) is 5.56 Å². The van der Waals surface area contributed by atoms with Gasteiger partial charge in [0.1, 0.15) is 12.4 Å². The minimum atomic E-state index is -3.01. The van der Waals surface area contributed by atoms with Gasteiger partial charge >= 0.3 is 0 Å². The lowest BCUT2D eigenvalue weighted by Crippen LogP contribution is -2.33. The Balaban J connectivity index is 1.51. The van der Waals surface area contributed by atoms with Crippen LogP contribution in [0.5, 0.6) is 5.75 Å². The van der Waals surface area contributed by atoms with Gasteiger partial charge in [-0.05, 0) is 49.1 Å². The van der Waals surface area contributed by atoms with Crippen molar-refractivity contribution < 1.29 is 13.2 Å². The van der Waals surface area contributed by atoms with Crippen LogP contribution in [0.2, 0.25) is 0 Å². The van der Waals surface area contributed by atoms with E-state index in [-0.39, 0.29) is 5.75 Å². The largest absolute Gasteiger partial charge is 0.487 e. The fourth-order valence-corrected chi connectivity index (χ4v) is 4.91. The van der Waals surface area contributed by atoms with Crippen LogP contribution in [0.15, 0.2) is 36.5 Å². The molecule has 1 saturated heterocycles. The molecule has 1 aromatic heterocycles. The second-order valence-electron chi connectivity index (χ2n) is 6.91. The van der Waals surface area contributed by atoms with Gasteiger partial charge in [-0.25, -0.2) is 12.7 Å². The highest BCUT2D eigenvalue weighted by molar-refractivity contribution is 7.89. The molecule has 0 atom stereocenters. The van der Waals surface area contributed by atoms with Gasteiger partial charge < -0.3 is 10.1 Å². The highest BCUT2D eigenvalue weighted by Crippen LogP contribution is 2.25. The summed E-state index contributed by atoms with van der Waals surface area (Å²) >= 11 is 0. The van der Waals surface area contributed by atoms with E-state index in [9.17, 15) is 8.42 Å². The van der Waals surface area contributed by atoms with Crippen molar-refractivity contribution in [1.29, 1.82) is 0 Å². The number of pyridine rings is 1. The summed E-state index contributed by atoms with van der Waals surface area (Å²) in [6.07, 6.45) is 2.50. The van der Waals surface area contributed by atoms with Crippen molar-refractivity contribution in [1.82, 2.24) is 14.6 Å². The Hall–Kier alpha value is -1.96. The number of nitrogens with zero attached hydrogens (tertiary/aromatic N) is 2. The summed E-state index contributed by atoms with van der Waals surface area (Å²) in [7, 11) is -3.01. The zero-order valence-corrected chi connectivity index (χ0v) is 16.8. The zero-order valence-electron chi connectivity index (χ0n) is 15.9. The van der Waals surface area contributed by atoms with E-state index in [0.717, 1.165) is 29.0 Å². The molecule has 1 aromatic carbocycles. The highest BCUT2D eigenvalue weighted by atomic mass is 32.2. The number of nitrogens with one attached hydrogen (secondary N) is 1. The van der Waals surface area contributed by atoms with Crippen molar-refractivity contribution in [2.75, 3.05) is 25.4 Å². The smallest absolute Gasteiger partial charge is 0.214 e. The number of aromatic nitrogens is 1. The first kappa shape index (κ1) is 19.8. The van der Waals surface area contributed by atoms with E-state index in [1.54, 1.807) is 10.5 Å². The zero-order chi connectivity index (χ0) is 19.3. The number of benzene rings is 1. The molecule has 0 spiro atoms. The fourth-order valence-electron chi connectivity index (χ4n) is 3.38. The summed E-state index contributed by atoms with van der Waals surface area (Å²) in [6, 6.07) is 10.0. The van der Waals surface area contributed by atoms with Crippen LogP contribution in [0, 0.1) is 13.8 Å². The molecule has 1 aliphatic rings. The number of sulfonamides is 1. The summed E-state index contributed by atoms with van der Waals surface area (Å²) < 4.78 is 31.1. The maximum absolute atomic E-state index is 11.8. The van der Waals surface area contributed by atoms with Crippen molar-refractivity contribution in [2.24, 2.45) is 0 Å². The molecular weight excluding hydrogens is 362 g/mol. The molecule has 0 saturated carbocycles. The third-order valence-corrected chi connectivity index (χ3v) is 6.64. The minimum Gasteiger partial charge on any atom is -0.487 e. The van der Waals surface area contributed by atoms with Crippen molar-refractivity contribution in [2.45, 2.75) is 33.4 Å². The molecule has 1 aliphatic heterocycles. The first-order valence-electron chi connectivity index (χ1n) is 9.27. The van der Waals surface area contributed by atoms with Crippen LogP contribution in [0.4, 0.5) is 0 Å². The molecule has 0 bridgehead atoms. The Morgan fingerprint density at radius 3 is 2.63 bits per heavy atom. The second-order valence-corrected chi connectivity index (χ2v) is 9.00. The first-order valence-corrected chi connectivity index (χ1v) is 10.9. The summed E-state index contributed by atoms with van der Waals surface area (Å²) in [5.41, 5.74) is 4.24. The average molecular weight is 390 g/mol. The molecule has 7 heteroatoms. The van der Waals surface area contributed by atoms with Crippen LogP contribution < -0.4 is 10.1 Å². The predicted molar refractivity (Wildman–Crippen MR) is 106 cm³/mol. The maximum Gasteiger partial charge on any atom is 0.214 e. The Labute approximate surface area is 161 Å². The third kappa shape index (κ3) is 5.28. The van der Waals surface area contributed by atoms with Gasteiger partial charge in [0.05, 0.1) is 11.4 Å². The standard InChI is InChI=1S/C20H27N3O3S/c1-16-12-18(14-21-8-10-23-9-5-11-27(23,24)25)13-17(2)20(16)26-15-19-6-3-4-7-22-19/h3-4,6-7,12-13,21H,5,8-11,14-15H2,1-2H3. The van der Waals surface area contributed by atoms with Crippen LogP contribution in [0.1, 0.15) is 28.8 Å². The summed E-state index contributed by atoms with van der Waals surface area (Å²) in [5, 5.41) is 3.34. The van der Waals surface area contributed by atoms with Crippen LogP contribution in [-0.4, -0.2) is 43.1 Å². The van der Waals surface area contributed by atoms with E-state index in [1.807, 2.05) is 32.0 Å². The molecule has 146 valence electrons. The molecular formula is C20H27N3O3S. The van der Waals surface area contributed by atoms with Crippen LogP contribution in [0.25, 0.3) is 0 Å². The topological polar surface area (TPSA) is 71.5 Å². The highest BCUT2D eigenvalue weighted by Gasteiger charge is 2.27. The molecule has 0 amide bonds. The third-order valence-electron chi connectivity index (χ3n) is 4.68. The van der Waals surface area contributed by atoms with Gasteiger partial charge in [0.25, 0.3) is 0 Å². The molecule has 27 heavy (non-hydrogen) atoms. The number of ether oxygens (including phenoxy) is 1. The molecule has 2 heterocycles. The van der Waals surface area contributed by atoms with Gasteiger partial charge in [-0.1, -0.05) is 18.2 Å². The maximum atomic E-state index is 11.8. The van der Waals surface area contributed by atoms with Crippen LogP contribution in [-0.2, 0) is 23.2 Å². The lowest BCUT2D eigenvalue weighted by Gasteiger charge is -2.16. The van der Waals surface area contributed by atoms with Crippen molar-refractivity contribution in [3.8, 4) is 5.75 Å². The van der Waals surface area contributed by atoms with E-state index in [0.29, 0.717) is 32.8 Å². The Morgan fingerprint density at radius 2 is 2.00 bits per heavy atom. The monoisotopic (exact) mass is 389 g/mol. The van der Waals surface area contributed by atoms with E-state index < -0.39 is 10.0 Å². The van der Waals surface area contributed by atoms with Gasteiger partial charge in [-0.15, -0.1) is 0 Å². The van der Waals surface area contributed by atoms with Crippen molar-refractivity contribution >= 4 is 10.0 Å². The van der Waals surface area contributed by atoms with E-state index >= 15 is 0 Å². The Bertz CT molecular complexity index is 846. The van der Waals surface area contributed by atoms with Crippen LogP contribution in [0.3, 0.4) is 0 Å². The fraction of sp³-hybridized carbons (Fsp3) is 0.450. The van der Waals surface area contributed by atoms with Crippen molar-refractivity contribution in [3.63, 3.8) is 0 Å². The minimum absolute atomic E-state index is 0.283. The normalized spacial score (nSPS) is 16.5. The second kappa shape index (κ2) is 8.82. The molecule has 6 nitrogen and oxygen atoms in total. The quantitative estimate of drug-likeness (QED) is 0.702. The Kier molecular flexibility index (Phi) is 6.46. The molecule has 1 fully saturated rings. The number of hydrogen-bond acceptors (Lipinski definition) is 5. The van der Waals surface area contributed by atoms with Crippen molar-refractivity contribution in [3.05, 3.63) is 58.9 Å². The molecule has 2 aromatic rings. The lowest BCUT2D eigenvalue weighted by molar-refractivity contribution is 0.297. The van der Waals surface area contributed by atoms with Gasteiger partial charge in [0, 0.05) is 32.4 Å². The lowest BCUT2D eigenvalue weighted by atomic mass is 10.1. The number of aryl methyl sites for hydroxylation is 2. The number of rotatable bonds is 8. The van der Waals surface area contributed by atoms with Gasteiger partial charge in [0.2, 0.25) is 10.0 Å². The average Bonchev–Trinajstić information content (AvgIpc) is 2.97. The van der Waals surface area contributed by atoms with E-state index in [2.05, 4.69) is 22.4 Å². The molecule has 1 N–H and O–H groups in total. The summed E-state index contributed by atoms with van der Waals surface area (Å²) in [6.45, 7) is 7.06. The molecule has 0 unspecified atom stereocenters. The number of hydrogen-bond donors (Lipinski definition) is 1. The van der Waals surface area contributed by atoms with Gasteiger partial charge in [-0.3, -0.25) is 4.98 Å². The predicted octanol–water partition coefficient (Wildman–Crippen LogP) is 2.40.